The average molecular weight is 541 g/mol. The van der Waals surface area contributed by atoms with Gasteiger partial charge in [-0.15, -0.1) is 0 Å². The molecule has 12 nitrogen and oxygen atoms in total. The van der Waals surface area contributed by atoms with E-state index >= 15 is 4.39 Å². The maximum absolute atomic E-state index is 15.0. The molecule has 1 spiro atoms. The first-order valence-electron chi connectivity index (χ1n) is 13.0. The van der Waals surface area contributed by atoms with Crippen molar-refractivity contribution in [3.8, 4) is 11.6 Å². The van der Waals surface area contributed by atoms with Crippen LogP contribution in [-0.2, 0) is 27.2 Å². The van der Waals surface area contributed by atoms with Crippen LogP contribution in [-0.4, -0.2) is 84.8 Å². The van der Waals surface area contributed by atoms with Gasteiger partial charge in [0.25, 0.3) is 17.7 Å². The molecule has 1 atom stereocenters. The van der Waals surface area contributed by atoms with E-state index in [9.17, 15) is 14.4 Å². The molecule has 3 amide bonds. The number of rotatable bonds is 6. The number of piperidine rings is 1. The fraction of sp³-hybridized carbons (Fsp3) is 0.500. The summed E-state index contributed by atoms with van der Waals surface area (Å²) in [6.07, 6.45) is 3.68. The summed E-state index contributed by atoms with van der Waals surface area (Å²) in [7, 11) is 1.51. The molecule has 206 valence electrons. The van der Waals surface area contributed by atoms with Crippen molar-refractivity contribution in [1.82, 2.24) is 20.2 Å². The molecule has 6 rings (SSSR count). The zero-order chi connectivity index (χ0) is 27.1. The van der Waals surface area contributed by atoms with E-state index in [1.165, 1.54) is 18.1 Å². The van der Waals surface area contributed by atoms with E-state index in [0.717, 1.165) is 31.6 Å². The van der Waals surface area contributed by atoms with Gasteiger partial charge in [-0.1, -0.05) is 6.07 Å². The lowest BCUT2D eigenvalue weighted by Crippen LogP contribution is -2.48. The molecule has 39 heavy (non-hydrogen) atoms. The molecule has 0 radical (unpaired) electrons. The number of benzene rings is 1. The molecular formula is C26H29FN6O6. The van der Waals surface area contributed by atoms with Crippen molar-refractivity contribution in [1.29, 1.82) is 0 Å². The second-order valence-corrected chi connectivity index (χ2v) is 10.4. The van der Waals surface area contributed by atoms with Gasteiger partial charge in [-0.05, 0) is 36.0 Å². The number of amides is 3. The van der Waals surface area contributed by atoms with Crippen LogP contribution in [0.1, 0.15) is 24.0 Å². The number of fused-ring (bicyclic) bond motifs is 2. The van der Waals surface area contributed by atoms with Gasteiger partial charge in [-0.3, -0.25) is 14.5 Å². The van der Waals surface area contributed by atoms with Crippen molar-refractivity contribution in [2.45, 2.75) is 31.3 Å². The second-order valence-electron chi connectivity index (χ2n) is 10.4. The molecule has 0 bridgehead atoms. The Balaban J connectivity index is 1.04. The number of hydrogen-bond acceptors (Lipinski definition) is 9. The van der Waals surface area contributed by atoms with E-state index in [2.05, 4.69) is 25.5 Å². The molecule has 13 heteroatoms. The highest BCUT2D eigenvalue weighted by atomic mass is 19.1. The predicted molar refractivity (Wildman–Crippen MR) is 135 cm³/mol. The van der Waals surface area contributed by atoms with Gasteiger partial charge >= 0.3 is 6.09 Å². The standard InChI is InChI=1S/C26H29FN6O6/c1-28-20(34)12-37-18-3-2-16-8-15(9-17(16)22(18)27)11-32-6-4-26(5-7-32)14-33(25(36)39-26)19-10-29-24-23(30-19)31-21(35)13-38-24/h2-3,10,15H,4-9,11-14H2,1H3,(H,28,34)(H,30,31,35). The second kappa shape index (κ2) is 9.95. The van der Waals surface area contributed by atoms with E-state index in [0.29, 0.717) is 37.2 Å². The first-order chi connectivity index (χ1) is 18.8. The molecule has 2 N–H and O–H groups in total. The minimum atomic E-state index is -0.618. The third kappa shape index (κ3) is 4.93. The lowest BCUT2D eigenvalue weighted by atomic mass is 9.90. The highest BCUT2D eigenvalue weighted by molar-refractivity contribution is 5.94. The molecule has 1 aromatic heterocycles. The lowest BCUT2D eigenvalue weighted by molar-refractivity contribution is -0.122. The molecule has 1 aliphatic carbocycles. The summed E-state index contributed by atoms with van der Waals surface area (Å²) in [5.41, 5.74) is 1.02. The number of hydrogen-bond donors (Lipinski definition) is 2. The smallest absolute Gasteiger partial charge is 0.416 e. The maximum Gasteiger partial charge on any atom is 0.416 e. The SMILES string of the molecule is CNC(=O)COc1ccc2c(c1F)CC(CN1CCC3(CC1)CN(c1cnc4c(n1)NC(=O)CO4)C(=O)O3)C2. The summed E-state index contributed by atoms with van der Waals surface area (Å²) in [6.45, 7) is 2.31. The fourth-order valence-corrected chi connectivity index (χ4v) is 5.74. The van der Waals surface area contributed by atoms with Gasteiger partial charge < -0.3 is 29.7 Å². The summed E-state index contributed by atoms with van der Waals surface area (Å²) >= 11 is 0. The highest BCUT2D eigenvalue weighted by Gasteiger charge is 2.48. The van der Waals surface area contributed by atoms with E-state index < -0.39 is 11.7 Å². The Bertz CT molecular complexity index is 1330. The number of anilines is 2. The van der Waals surface area contributed by atoms with Gasteiger partial charge in [-0.25, -0.2) is 19.2 Å². The number of ether oxygens (including phenoxy) is 3. The highest BCUT2D eigenvalue weighted by Crippen LogP contribution is 2.38. The van der Waals surface area contributed by atoms with Gasteiger partial charge in [0.05, 0.1) is 12.7 Å². The number of carbonyl (C=O) groups excluding carboxylic acids is 3. The molecule has 2 saturated heterocycles. The zero-order valence-corrected chi connectivity index (χ0v) is 21.5. The average Bonchev–Trinajstić information content (AvgIpc) is 3.49. The number of nitrogens with zero attached hydrogens (tertiary/aromatic N) is 4. The van der Waals surface area contributed by atoms with Crippen LogP contribution in [0.3, 0.4) is 0 Å². The Labute approximate surface area is 223 Å². The van der Waals surface area contributed by atoms with E-state index in [1.807, 2.05) is 6.07 Å². The molecule has 4 heterocycles. The van der Waals surface area contributed by atoms with Crippen molar-refractivity contribution in [3.05, 3.63) is 35.3 Å². The Morgan fingerprint density at radius 3 is 2.90 bits per heavy atom. The zero-order valence-electron chi connectivity index (χ0n) is 21.5. The number of halogens is 1. The van der Waals surface area contributed by atoms with E-state index in [1.54, 1.807) is 6.07 Å². The molecule has 0 saturated carbocycles. The summed E-state index contributed by atoms with van der Waals surface area (Å²) < 4.78 is 31.5. The summed E-state index contributed by atoms with van der Waals surface area (Å²) in [5, 5.41) is 5.06. The van der Waals surface area contributed by atoms with Gasteiger partial charge in [0.1, 0.15) is 5.60 Å². The van der Waals surface area contributed by atoms with Crippen LogP contribution in [0.15, 0.2) is 18.3 Å². The minimum Gasteiger partial charge on any atom is -0.481 e. The number of likely N-dealkylation sites (tertiary alicyclic amines) is 1. The topological polar surface area (TPSA) is 135 Å². The molecular weight excluding hydrogens is 511 g/mol. The molecule has 1 aromatic carbocycles. The maximum atomic E-state index is 15.0. The molecule has 4 aliphatic rings. The van der Waals surface area contributed by atoms with Gasteiger partial charge in [-0.2, -0.15) is 0 Å². The van der Waals surface area contributed by atoms with Crippen LogP contribution in [0, 0.1) is 11.7 Å². The van der Waals surface area contributed by atoms with E-state index in [-0.39, 0.29) is 54.2 Å². The Hall–Kier alpha value is -4.00. The number of carbonyl (C=O) groups is 3. The van der Waals surface area contributed by atoms with Crippen molar-refractivity contribution < 1.29 is 33.0 Å². The van der Waals surface area contributed by atoms with Gasteiger partial charge in [0.15, 0.2) is 36.4 Å². The molecule has 2 aromatic rings. The van der Waals surface area contributed by atoms with Crippen LogP contribution >= 0.6 is 0 Å². The largest absolute Gasteiger partial charge is 0.481 e. The van der Waals surface area contributed by atoms with Crippen LogP contribution in [0.25, 0.3) is 0 Å². The quantitative estimate of drug-likeness (QED) is 0.555. The molecule has 3 aliphatic heterocycles. The third-order valence-electron chi connectivity index (χ3n) is 7.80. The van der Waals surface area contributed by atoms with Crippen LogP contribution < -0.4 is 25.0 Å². The fourth-order valence-electron chi connectivity index (χ4n) is 5.74. The first kappa shape index (κ1) is 25.3. The van der Waals surface area contributed by atoms with Crippen molar-refractivity contribution >= 4 is 29.5 Å². The number of likely N-dealkylation sites (N-methyl/N-ethyl adjacent to an activating group) is 1. The third-order valence-corrected chi connectivity index (χ3v) is 7.80. The Morgan fingerprint density at radius 1 is 1.28 bits per heavy atom. The van der Waals surface area contributed by atoms with Crippen LogP contribution in [0.4, 0.5) is 20.8 Å². The normalized spacial score (nSPS) is 21.6. The van der Waals surface area contributed by atoms with Crippen LogP contribution in [0.2, 0.25) is 0 Å². The monoisotopic (exact) mass is 540 g/mol. The lowest BCUT2D eigenvalue weighted by Gasteiger charge is -2.38. The Morgan fingerprint density at radius 2 is 2.10 bits per heavy atom. The van der Waals surface area contributed by atoms with Gasteiger partial charge in [0, 0.05) is 39.5 Å². The van der Waals surface area contributed by atoms with Crippen molar-refractivity contribution in [3.63, 3.8) is 0 Å². The van der Waals surface area contributed by atoms with Crippen molar-refractivity contribution in [2.75, 3.05) is 56.7 Å². The summed E-state index contributed by atoms with van der Waals surface area (Å²) in [5.74, 6) is 0.0452. The summed E-state index contributed by atoms with van der Waals surface area (Å²) in [6, 6.07) is 3.48. The van der Waals surface area contributed by atoms with Crippen molar-refractivity contribution in [2.24, 2.45) is 5.92 Å². The van der Waals surface area contributed by atoms with Crippen LogP contribution in [0.5, 0.6) is 11.6 Å². The first-order valence-corrected chi connectivity index (χ1v) is 13.0. The molecule has 1 unspecified atom stereocenters. The minimum absolute atomic E-state index is 0.101. The number of aromatic nitrogens is 2. The van der Waals surface area contributed by atoms with E-state index in [4.69, 9.17) is 14.2 Å². The molecule has 2 fully saturated rings. The van der Waals surface area contributed by atoms with Gasteiger partial charge in [0.2, 0.25) is 0 Å². The number of nitrogens with one attached hydrogen (secondary N) is 2. The summed E-state index contributed by atoms with van der Waals surface area (Å²) in [4.78, 5) is 48.1. The Kier molecular flexibility index (Phi) is 6.45. The predicted octanol–water partition coefficient (Wildman–Crippen LogP) is 1.28.